The second kappa shape index (κ2) is 9.36. The zero-order valence-corrected chi connectivity index (χ0v) is 16.3. The molecule has 0 saturated carbocycles. The van der Waals surface area contributed by atoms with E-state index in [-0.39, 0.29) is 43.2 Å². The molecule has 0 bridgehead atoms. The number of hydrogen-bond donors (Lipinski definition) is 1. The molecule has 1 aromatic carbocycles. The van der Waals surface area contributed by atoms with E-state index in [1.165, 1.54) is 0 Å². The van der Waals surface area contributed by atoms with Crippen LogP contribution in [0.15, 0.2) is 36.4 Å². The van der Waals surface area contributed by atoms with E-state index < -0.39 is 18.5 Å². The molecule has 0 radical (unpaired) electrons. The number of allylic oxidation sites excluding steroid dienone is 2. The van der Waals surface area contributed by atoms with Crippen molar-refractivity contribution in [3.05, 3.63) is 42.0 Å². The normalized spacial score (nSPS) is 20.4. The van der Waals surface area contributed by atoms with E-state index in [0.29, 0.717) is 18.6 Å². The van der Waals surface area contributed by atoms with E-state index in [0.717, 1.165) is 10.5 Å². The summed E-state index contributed by atoms with van der Waals surface area (Å²) in [6, 6.07) is 7.27. The van der Waals surface area contributed by atoms with Gasteiger partial charge in [-0.15, -0.1) is 0 Å². The van der Waals surface area contributed by atoms with Crippen molar-refractivity contribution in [1.29, 1.82) is 0 Å². The Kier molecular flexibility index (Phi) is 6.64. The van der Waals surface area contributed by atoms with Gasteiger partial charge in [0, 0.05) is 18.7 Å². The number of methoxy groups -OCH3 is 1. The van der Waals surface area contributed by atoms with Crippen LogP contribution in [0, 0.1) is 11.8 Å². The average molecular weight is 400 g/mol. The van der Waals surface area contributed by atoms with Crippen LogP contribution < -0.4 is 10.1 Å². The monoisotopic (exact) mass is 400 g/mol. The Morgan fingerprint density at radius 3 is 2.41 bits per heavy atom. The fourth-order valence-electron chi connectivity index (χ4n) is 3.60. The number of imide groups is 1. The fraction of sp³-hybridized carbons (Fsp3) is 0.429. The first-order chi connectivity index (χ1) is 14.0. The highest BCUT2D eigenvalue weighted by atomic mass is 16.5. The molecule has 1 aliphatic heterocycles. The van der Waals surface area contributed by atoms with Crippen molar-refractivity contribution in [2.24, 2.45) is 11.8 Å². The van der Waals surface area contributed by atoms with E-state index >= 15 is 0 Å². The molecule has 8 nitrogen and oxygen atoms in total. The standard InChI is InChI=1S/C21H24N2O6/c1-28-17-9-5-2-6-14(17)12-22-18(24)13-29-19(25)10-11-23-20(26)15-7-3-4-8-16(15)21(23)27/h2-6,9,15-16H,7-8,10-13H2,1H3,(H,22,24). The summed E-state index contributed by atoms with van der Waals surface area (Å²) >= 11 is 0. The van der Waals surface area contributed by atoms with Crippen molar-refractivity contribution >= 4 is 23.7 Å². The van der Waals surface area contributed by atoms with Crippen LogP contribution in [0.4, 0.5) is 0 Å². The van der Waals surface area contributed by atoms with Gasteiger partial charge in [0.05, 0.1) is 25.4 Å². The Bertz CT molecular complexity index is 808. The third kappa shape index (κ3) is 4.82. The summed E-state index contributed by atoms with van der Waals surface area (Å²) in [7, 11) is 1.55. The molecule has 1 aromatic rings. The van der Waals surface area contributed by atoms with Gasteiger partial charge in [-0.25, -0.2) is 0 Å². The summed E-state index contributed by atoms with van der Waals surface area (Å²) in [5.74, 6) is -1.52. The minimum Gasteiger partial charge on any atom is -0.496 e. The number of esters is 1. The number of rotatable bonds is 8. The van der Waals surface area contributed by atoms with Gasteiger partial charge in [-0.3, -0.25) is 24.1 Å². The van der Waals surface area contributed by atoms with Gasteiger partial charge in [0.1, 0.15) is 5.75 Å². The molecule has 154 valence electrons. The first-order valence-electron chi connectivity index (χ1n) is 9.55. The molecule has 0 spiro atoms. The second-order valence-corrected chi connectivity index (χ2v) is 6.98. The zero-order valence-electron chi connectivity index (χ0n) is 16.3. The summed E-state index contributed by atoms with van der Waals surface area (Å²) in [4.78, 5) is 49.7. The summed E-state index contributed by atoms with van der Waals surface area (Å²) in [5, 5.41) is 2.65. The highest BCUT2D eigenvalue weighted by molar-refractivity contribution is 6.05. The molecule has 1 saturated heterocycles. The van der Waals surface area contributed by atoms with Gasteiger partial charge < -0.3 is 14.8 Å². The second-order valence-electron chi connectivity index (χ2n) is 6.98. The van der Waals surface area contributed by atoms with E-state index in [1.54, 1.807) is 13.2 Å². The molecule has 1 aliphatic carbocycles. The maximum atomic E-state index is 12.3. The van der Waals surface area contributed by atoms with E-state index in [1.807, 2.05) is 30.4 Å². The number of nitrogens with zero attached hydrogens (tertiary/aromatic N) is 1. The van der Waals surface area contributed by atoms with Crippen molar-refractivity contribution in [1.82, 2.24) is 10.2 Å². The fourth-order valence-corrected chi connectivity index (χ4v) is 3.60. The first kappa shape index (κ1) is 20.6. The van der Waals surface area contributed by atoms with Gasteiger partial charge in [-0.05, 0) is 18.9 Å². The zero-order chi connectivity index (χ0) is 20.8. The average Bonchev–Trinajstić information content (AvgIpc) is 2.99. The maximum absolute atomic E-state index is 12.3. The lowest BCUT2D eigenvalue weighted by molar-refractivity contribution is -0.150. The molecule has 2 unspecified atom stereocenters. The van der Waals surface area contributed by atoms with Crippen LogP contribution in [-0.4, -0.2) is 48.9 Å². The van der Waals surface area contributed by atoms with E-state index in [9.17, 15) is 19.2 Å². The van der Waals surface area contributed by atoms with E-state index in [2.05, 4.69) is 5.32 Å². The molecule has 1 N–H and O–H groups in total. The van der Waals surface area contributed by atoms with Crippen LogP contribution in [-0.2, 0) is 30.5 Å². The van der Waals surface area contributed by atoms with Crippen LogP contribution >= 0.6 is 0 Å². The largest absolute Gasteiger partial charge is 0.496 e. The van der Waals surface area contributed by atoms with Gasteiger partial charge in [0.25, 0.3) is 5.91 Å². The van der Waals surface area contributed by atoms with Gasteiger partial charge in [-0.1, -0.05) is 30.4 Å². The molecule has 29 heavy (non-hydrogen) atoms. The predicted molar refractivity (Wildman–Crippen MR) is 102 cm³/mol. The van der Waals surface area contributed by atoms with Crippen LogP contribution in [0.2, 0.25) is 0 Å². The quantitative estimate of drug-likeness (QED) is 0.400. The summed E-state index contributed by atoms with van der Waals surface area (Å²) < 4.78 is 10.2. The number of carbonyl (C=O) groups excluding carboxylic acids is 4. The summed E-state index contributed by atoms with van der Waals surface area (Å²) in [5.41, 5.74) is 0.802. The molecule has 1 fully saturated rings. The topological polar surface area (TPSA) is 102 Å². The Balaban J connectivity index is 1.39. The number of carbonyl (C=O) groups is 4. The number of nitrogens with one attached hydrogen (secondary N) is 1. The number of hydrogen-bond acceptors (Lipinski definition) is 6. The minimum atomic E-state index is -0.633. The summed E-state index contributed by atoms with van der Waals surface area (Å²) in [6.07, 6.45) is 4.80. The number of ether oxygens (including phenoxy) is 2. The van der Waals surface area contributed by atoms with Crippen molar-refractivity contribution < 1.29 is 28.7 Å². The Morgan fingerprint density at radius 1 is 1.10 bits per heavy atom. The minimum absolute atomic E-state index is 0.0215. The Labute approximate surface area is 168 Å². The van der Waals surface area contributed by atoms with E-state index in [4.69, 9.17) is 9.47 Å². The number of likely N-dealkylation sites (tertiary alicyclic amines) is 1. The number of amides is 3. The van der Waals surface area contributed by atoms with Crippen LogP contribution in [0.5, 0.6) is 5.75 Å². The van der Waals surface area contributed by atoms with Crippen molar-refractivity contribution in [2.75, 3.05) is 20.3 Å². The van der Waals surface area contributed by atoms with Crippen molar-refractivity contribution in [3.8, 4) is 5.75 Å². The Morgan fingerprint density at radius 2 is 1.76 bits per heavy atom. The number of benzene rings is 1. The molecule has 3 amide bonds. The van der Waals surface area contributed by atoms with Crippen molar-refractivity contribution in [3.63, 3.8) is 0 Å². The number of fused-ring (bicyclic) bond motifs is 1. The van der Waals surface area contributed by atoms with Crippen LogP contribution in [0.25, 0.3) is 0 Å². The predicted octanol–water partition coefficient (Wildman–Crippen LogP) is 1.20. The smallest absolute Gasteiger partial charge is 0.308 e. The third-order valence-corrected chi connectivity index (χ3v) is 5.17. The van der Waals surface area contributed by atoms with Gasteiger partial charge >= 0.3 is 5.97 Å². The van der Waals surface area contributed by atoms with Gasteiger partial charge in [0.15, 0.2) is 6.61 Å². The molecule has 2 atom stereocenters. The molecule has 1 heterocycles. The molecule has 0 aromatic heterocycles. The first-order valence-corrected chi connectivity index (χ1v) is 9.55. The molecule has 3 rings (SSSR count). The lowest BCUT2D eigenvalue weighted by atomic mass is 9.85. The molecule has 2 aliphatic rings. The lowest BCUT2D eigenvalue weighted by Gasteiger charge is -2.14. The number of para-hydroxylation sites is 1. The summed E-state index contributed by atoms with van der Waals surface area (Å²) in [6.45, 7) is -0.203. The van der Waals surface area contributed by atoms with Crippen LogP contribution in [0.1, 0.15) is 24.8 Å². The Hall–Kier alpha value is -3.16. The van der Waals surface area contributed by atoms with Gasteiger partial charge in [0.2, 0.25) is 11.8 Å². The molecule has 8 heteroatoms. The van der Waals surface area contributed by atoms with Crippen molar-refractivity contribution in [2.45, 2.75) is 25.8 Å². The SMILES string of the molecule is COc1ccccc1CNC(=O)COC(=O)CCN1C(=O)C2CC=CCC2C1=O. The molecular weight excluding hydrogens is 376 g/mol. The van der Waals surface area contributed by atoms with Crippen LogP contribution in [0.3, 0.4) is 0 Å². The lowest BCUT2D eigenvalue weighted by Crippen LogP contribution is -2.34. The maximum Gasteiger partial charge on any atom is 0.308 e. The highest BCUT2D eigenvalue weighted by Crippen LogP contribution is 2.34. The highest BCUT2D eigenvalue weighted by Gasteiger charge is 2.46. The van der Waals surface area contributed by atoms with Gasteiger partial charge in [-0.2, -0.15) is 0 Å². The molecular formula is C21H24N2O6. The third-order valence-electron chi connectivity index (χ3n) is 5.17.